The van der Waals surface area contributed by atoms with Gasteiger partial charge in [0, 0.05) is 43.3 Å². The predicted molar refractivity (Wildman–Crippen MR) is 3.30 cm³/mol. The van der Waals surface area contributed by atoms with Gasteiger partial charge in [-0.3, -0.25) is 0 Å². The van der Waals surface area contributed by atoms with Gasteiger partial charge in [0.05, 0.1) is 0 Å². The first-order valence-electron chi connectivity index (χ1n) is 0.309. The summed E-state index contributed by atoms with van der Waals surface area (Å²) in [5.74, 6) is 0. The number of hydrogen-bond donors (Lipinski definition) is 0. The molecule has 0 aliphatic carbocycles. The van der Waals surface area contributed by atoms with Gasteiger partial charge in [0.15, 0.2) is 0 Å². The summed E-state index contributed by atoms with van der Waals surface area (Å²) < 4.78 is 18.2. The summed E-state index contributed by atoms with van der Waals surface area (Å²) in [5.41, 5.74) is 0. The maximum Gasteiger partial charge on any atom is 0.0209 e. The summed E-state index contributed by atoms with van der Waals surface area (Å²) in [4.78, 5) is 0. The molecule has 1 radical (unpaired) electrons. The minimum atomic E-state index is 0. The van der Waals surface area contributed by atoms with Gasteiger partial charge >= 0.3 is 0 Å². The zero-order valence-electron chi connectivity index (χ0n) is 1.87. The third kappa shape index (κ3) is 43.6. The van der Waals surface area contributed by atoms with Crippen LogP contribution in [0.15, 0.2) is 0 Å². The Hall–Kier alpha value is 1.03. The standard InChI is InChI=1S/Cu.F2O.Mo/c;1-3-2;. The third-order valence-electron chi connectivity index (χ3n) is 0. The van der Waals surface area contributed by atoms with Crippen LogP contribution in [-0.2, 0) is 43.3 Å². The molecule has 5 heavy (non-hydrogen) atoms. The molecule has 0 bridgehead atoms. The summed E-state index contributed by atoms with van der Waals surface area (Å²) in [5, 5.41) is 1.25. The van der Waals surface area contributed by atoms with Crippen molar-refractivity contribution in [2.75, 3.05) is 0 Å². The number of hydrogen-bond acceptors (Lipinski definition) is 1. The first-order valence-corrected chi connectivity index (χ1v) is 0.309. The van der Waals surface area contributed by atoms with Crippen molar-refractivity contribution in [2.45, 2.75) is 0 Å². The van der Waals surface area contributed by atoms with Crippen molar-refractivity contribution in [2.24, 2.45) is 0 Å². The van der Waals surface area contributed by atoms with Crippen molar-refractivity contribution in [3.05, 3.63) is 0 Å². The van der Waals surface area contributed by atoms with E-state index in [9.17, 15) is 0 Å². The summed E-state index contributed by atoms with van der Waals surface area (Å²) in [6.07, 6.45) is 0. The van der Waals surface area contributed by atoms with Gasteiger partial charge in [-0.05, 0) is 9.05 Å². The minimum Gasteiger partial charge on any atom is -0.0104 e. The van der Waals surface area contributed by atoms with E-state index in [0.717, 1.165) is 0 Å². The normalized spacial score (nSPS) is 3.60. The molecule has 0 saturated carbocycles. The Balaban J connectivity index is -0.0000000200. The molecule has 0 unspecified atom stereocenters. The molecule has 37 valence electrons. The Morgan fingerprint density at radius 2 is 1.20 bits per heavy atom. The SMILES string of the molecule is FOF.[Cu].[Mo]. The topological polar surface area (TPSA) is 9.23 Å². The van der Waals surface area contributed by atoms with Crippen molar-refractivity contribution in [1.82, 2.24) is 0 Å². The molecular weight excluding hydrogens is 213 g/mol. The molecule has 0 aromatic heterocycles. The van der Waals surface area contributed by atoms with Crippen molar-refractivity contribution < 1.29 is 52.3 Å². The van der Waals surface area contributed by atoms with Gasteiger partial charge in [-0.15, -0.1) is 0 Å². The van der Waals surface area contributed by atoms with Crippen LogP contribution < -0.4 is 0 Å². The van der Waals surface area contributed by atoms with Gasteiger partial charge in [-0.1, -0.05) is 0 Å². The average molecular weight is 213 g/mol. The van der Waals surface area contributed by atoms with Gasteiger partial charge in [0.1, 0.15) is 0 Å². The molecule has 0 N–H and O–H groups in total. The van der Waals surface area contributed by atoms with Crippen LogP contribution in [0.25, 0.3) is 0 Å². The van der Waals surface area contributed by atoms with E-state index in [1.807, 2.05) is 0 Å². The maximum atomic E-state index is 9.12. The molecular formula is CuF2MoO. The van der Waals surface area contributed by atoms with Crippen molar-refractivity contribution >= 4 is 0 Å². The Bertz CT molecular complexity index is 9.61. The van der Waals surface area contributed by atoms with Crippen LogP contribution in [0.5, 0.6) is 0 Å². The Kier molecular flexibility index (Phi) is 65.9. The maximum absolute atomic E-state index is 9.12. The molecule has 0 rings (SSSR count). The molecule has 1 nitrogen and oxygen atoms in total. The zero-order valence-corrected chi connectivity index (χ0v) is 4.82. The van der Waals surface area contributed by atoms with Crippen LogP contribution in [0.4, 0.5) is 9.05 Å². The van der Waals surface area contributed by atoms with Crippen LogP contribution in [0.3, 0.4) is 0 Å². The molecule has 0 atom stereocenters. The summed E-state index contributed by atoms with van der Waals surface area (Å²) in [6.45, 7) is 0. The Morgan fingerprint density at radius 3 is 1.20 bits per heavy atom. The molecule has 0 aliphatic rings. The van der Waals surface area contributed by atoms with E-state index in [-0.39, 0.29) is 38.1 Å². The van der Waals surface area contributed by atoms with Gasteiger partial charge in [-0.2, -0.15) is 0 Å². The van der Waals surface area contributed by atoms with Crippen molar-refractivity contribution in [3.63, 3.8) is 0 Å². The Morgan fingerprint density at radius 1 is 1.20 bits per heavy atom. The first-order chi connectivity index (χ1) is 1.41. The quantitative estimate of drug-likeness (QED) is 0.540. The second-order valence-electron chi connectivity index (χ2n) is 0.0583. The van der Waals surface area contributed by atoms with Crippen LogP contribution >= 0.6 is 0 Å². The molecule has 0 spiro atoms. The predicted octanol–water partition coefficient (Wildman–Crippen LogP) is 0.767. The Labute approximate surface area is 52.6 Å². The molecule has 5 heteroatoms. The van der Waals surface area contributed by atoms with E-state index < -0.39 is 0 Å². The van der Waals surface area contributed by atoms with E-state index in [4.69, 9.17) is 9.05 Å². The van der Waals surface area contributed by atoms with Gasteiger partial charge < -0.3 is 0 Å². The molecule has 0 aromatic carbocycles. The minimum absolute atomic E-state index is 0. The summed E-state index contributed by atoms with van der Waals surface area (Å²) in [7, 11) is 0. The fraction of sp³-hybridized carbons (Fsp3) is 0. The van der Waals surface area contributed by atoms with E-state index in [2.05, 4.69) is 0 Å². The van der Waals surface area contributed by atoms with Crippen molar-refractivity contribution in [1.29, 1.82) is 0 Å². The second-order valence-corrected chi connectivity index (χ2v) is 0.0583. The first kappa shape index (κ1) is 16.6. The van der Waals surface area contributed by atoms with Gasteiger partial charge in [-0.25, -0.2) is 0 Å². The van der Waals surface area contributed by atoms with Crippen LogP contribution in [0.2, 0.25) is 0 Å². The average Bonchev–Trinajstić information content (AvgIpc) is 0.918. The molecule has 0 heterocycles. The number of halogens is 2. The van der Waals surface area contributed by atoms with Crippen molar-refractivity contribution in [3.8, 4) is 0 Å². The van der Waals surface area contributed by atoms with Gasteiger partial charge in [0.2, 0.25) is 0 Å². The van der Waals surface area contributed by atoms with Crippen LogP contribution in [0.1, 0.15) is 0 Å². The monoisotopic (exact) mass is 215 g/mol. The summed E-state index contributed by atoms with van der Waals surface area (Å²) >= 11 is 0. The fourth-order valence-electron chi connectivity index (χ4n) is 0. The molecule has 0 aromatic rings. The van der Waals surface area contributed by atoms with E-state index >= 15 is 0 Å². The molecule has 0 amide bonds. The molecule has 0 saturated heterocycles. The smallest absolute Gasteiger partial charge is 0.0104 e. The molecule has 0 fully saturated rings. The largest absolute Gasteiger partial charge is 0.0209 e. The van der Waals surface area contributed by atoms with Crippen LogP contribution in [-0.4, -0.2) is 0 Å². The number of rotatable bonds is 0. The zero-order chi connectivity index (χ0) is 2.71. The van der Waals surface area contributed by atoms with E-state index in [1.165, 1.54) is 5.15 Å². The summed E-state index contributed by atoms with van der Waals surface area (Å²) in [6, 6.07) is 0. The van der Waals surface area contributed by atoms with E-state index in [0.29, 0.717) is 0 Å². The fourth-order valence-corrected chi connectivity index (χ4v) is 0. The van der Waals surface area contributed by atoms with Gasteiger partial charge in [0.25, 0.3) is 0 Å². The molecule has 0 aliphatic heterocycles. The van der Waals surface area contributed by atoms with Crippen LogP contribution in [0, 0.1) is 0 Å². The van der Waals surface area contributed by atoms with E-state index in [1.54, 1.807) is 0 Å². The second kappa shape index (κ2) is 19.8. The third-order valence-corrected chi connectivity index (χ3v) is 0.